The smallest absolute Gasteiger partial charge is 0.337 e. The molecule has 0 aliphatic carbocycles. The van der Waals surface area contributed by atoms with Crippen LogP contribution in [0.15, 0.2) is 18.2 Å². The van der Waals surface area contributed by atoms with Crippen LogP contribution < -0.4 is 11.1 Å². The van der Waals surface area contributed by atoms with Crippen molar-refractivity contribution in [3.8, 4) is 0 Å². The summed E-state index contributed by atoms with van der Waals surface area (Å²) in [5.74, 6) is -1.00. The summed E-state index contributed by atoms with van der Waals surface area (Å²) in [6.45, 7) is 4.61. The first-order valence-electron chi connectivity index (χ1n) is 6.45. The van der Waals surface area contributed by atoms with Gasteiger partial charge in [-0.25, -0.2) is 4.79 Å². The van der Waals surface area contributed by atoms with Crippen LogP contribution in [0.1, 0.15) is 30.1 Å². The molecule has 1 heterocycles. The largest absolute Gasteiger partial charge is 0.478 e. The maximum absolute atomic E-state index is 11.0. The monoisotopic (exact) mass is 264 g/mol. The summed E-state index contributed by atoms with van der Waals surface area (Å²) < 4.78 is 5.36. The zero-order valence-electron chi connectivity index (χ0n) is 11.1. The lowest BCUT2D eigenvalue weighted by atomic mass is 9.82. The molecule has 1 fully saturated rings. The zero-order chi connectivity index (χ0) is 13.9. The molecule has 2 rings (SSSR count). The Bertz CT molecular complexity index is 468. The van der Waals surface area contributed by atoms with Gasteiger partial charge in [0.2, 0.25) is 0 Å². The molecule has 0 amide bonds. The molecule has 1 aromatic carbocycles. The van der Waals surface area contributed by atoms with Crippen molar-refractivity contribution in [2.24, 2.45) is 5.41 Å². The van der Waals surface area contributed by atoms with E-state index in [2.05, 4.69) is 12.2 Å². The van der Waals surface area contributed by atoms with Gasteiger partial charge in [-0.15, -0.1) is 0 Å². The van der Waals surface area contributed by atoms with Crippen molar-refractivity contribution < 1.29 is 14.6 Å². The van der Waals surface area contributed by atoms with Crippen LogP contribution in [-0.2, 0) is 4.74 Å². The van der Waals surface area contributed by atoms with E-state index in [-0.39, 0.29) is 16.7 Å². The van der Waals surface area contributed by atoms with E-state index in [9.17, 15) is 4.79 Å². The molecule has 5 nitrogen and oxygen atoms in total. The van der Waals surface area contributed by atoms with Crippen molar-refractivity contribution in [2.75, 3.05) is 30.8 Å². The summed E-state index contributed by atoms with van der Waals surface area (Å²) in [6.07, 6.45) is 2.03. The molecule has 0 unspecified atom stereocenters. The Hall–Kier alpha value is -1.75. The van der Waals surface area contributed by atoms with Gasteiger partial charge in [-0.1, -0.05) is 6.92 Å². The molecule has 1 aromatic rings. The van der Waals surface area contributed by atoms with Crippen LogP contribution in [0.25, 0.3) is 0 Å². The topological polar surface area (TPSA) is 84.6 Å². The number of benzene rings is 1. The van der Waals surface area contributed by atoms with E-state index in [1.807, 2.05) is 6.07 Å². The third-order valence-electron chi connectivity index (χ3n) is 3.70. The quantitative estimate of drug-likeness (QED) is 0.726. The van der Waals surface area contributed by atoms with Gasteiger partial charge < -0.3 is 20.9 Å². The molecule has 0 bridgehead atoms. The summed E-state index contributed by atoms with van der Waals surface area (Å²) in [5, 5.41) is 12.3. The number of aromatic carboxylic acids is 1. The lowest BCUT2D eigenvalue weighted by molar-refractivity contribution is 0.0300. The Balaban J connectivity index is 2.03. The number of anilines is 2. The van der Waals surface area contributed by atoms with Crippen molar-refractivity contribution >= 4 is 17.3 Å². The minimum Gasteiger partial charge on any atom is -0.478 e. The lowest BCUT2D eigenvalue weighted by Gasteiger charge is -2.34. The number of carboxylic acid groups (broad SMARTS) is 1. The highest BCUT2D eigenvalue weighted by atomic mass is 16.5. The molecule has 1 aliphatic heterocycles. The van der Waals surface area contributed by atoms with Gasteiger partial charge >= 0.3 is 5.97 Å². The molecule has 4 N–H and O–H groups in total. The maximum Gasteiger partial charge on any atom is 0.337 e. The summed E-state index contributed by atoms with van der Waals surface area (Å²) in [5.41, 5.74) is 7.05. The van der Waals surface area contributed by atoms with E-state index in [4.69, 9.17) is 15.6 Å². The highest BCUT2D eigenvalue weighted by Crippen LogP contribution is 2.30. The van der Waals surface area contributed by atoms with E-state index in [1.54, 1.807) is 12.1 Å². The average molecular weight is 264 g/mol. The first-order valence-corrected chi connectivity index (χ1v) is 6.45. The number of ether oxygens (including phenoxy) is 1. The van der Waals surface area contributed by atoms with E-state index in [0.717, 1.165) is 38.3 Å². The molecule has 104 valence electrons. The summed E-state index contributed by atoms with van der Waals surface area (Å²) in [6, 6.07) is 5.02. The zero-order valence-corrected chi connectivity index (χ0v) is 11.1. The van der Waals surface area contributed by atoms with Gasteiger partial charge in [0.05, 0.1) is 5.56 Å². The lowest BCUT2D eigenvalue weighted by Crippen LogP contribution is -2.33. The summed E-state index contributed by atoms with van der Waals surface area (Å²) in [4.78, 5) is 11.0. The fourth-order valence-corrected chi connectivity index (χ4v) is 2.21. The van der Waals surface area contributed by atoms with Crippen LogP contribution in [0.5, 0.6) is 0 Å². The normalized spacial score (nSPS) is 17.9. The fourth-order valence-electron chi connectivity index (χ4n) is 2.21. The van der Waals surface area contributed by atoms with Gasteiger partial charge in [-0.3, -0.25) is 0 Å². The van der Waals surface area contributed by atoms with Crippen LogP contribution in [0, 0.1) is 5.41 Å². The van der Waals surface area contributed by atoms with Crippen molar-refractivity contribution in [3.63, 3.8) is 0 Å². The molecule has 5 heteroatoms. The van der Waals surface area contributed by atoms with Gasteiger partial charge in [0.1, 0.15) is 0 Å². The molecular formula is C14H20N2O3. The Morgan fingerprint density at radius 1 is 1.47 bits per heavy atom. The Morgan fingerprint density at radius 3 is 2.79 bits per heavy atom. The molecule has 1 aliphatic rings. The molecule has 0 atom stereocenters. The molecule has 1 saturated heterocycles. The Kier molecular flexibility index (Phi) is 3.95. The second-order valence-electron chi connectivity index (χ2n) is 5.38. The number of nitrogens with one attached hydrogen (secondary N) is 1. The van der Waals surface area contributed by atoms with Gasteiger partial charge in [0.25, 0.3) is 0 Å². The van der Waals surface area contributed by atoms with Crippen molar-refractivity contribution in [2.45, 2.75) is 19.8 Å². The number of nitrogens with two attached hydrogens (primary N) is 1. The number of rotatable bonds is 4. The van der Waals surface area contributed by atoms with E-state index < -0.39 is 5.97 Å². The molecule has 0 saturated carbocycles. The standard InChI is InChI=1S/C14H20N2O3/c1-14(4-6-19-7-5-14)9-16-10-2-3-12(15)11(8-10)13(17)18/h2-3,8,16H,4-7,9,15H2,1H3,(H,17,18). The second kappa shape index (κ2) is 5.48. The highest BCUT2D eigenvalue weighted by Gasteiger charge is 2.27. The van der Waals surface area contributed by atoms with Crippen LogP contribution in [0.4, 0.5) is 11.4 Å². The predicted octanol–water partition coefficient (Wildman–Crippen LogP) is 2.20. The summed E-state index contributed by atoms with van der Waals surface area (Å²) >= 11 is 0. The third-order valence-corrected chi connectivity index (χ3v) is 3.70. The fraction of sp³-hybridized carbons (Fsp3) is 0.500. The minimum absolute atomic E-state index is 0.141. The van der Waals surface area contributed by atoms with Crippen LogP contribution in [0.3, 0.4) is 0 Å². The van der Waals surface area contributed by atoms with Gasteiger partial charge in [-0.05, 0) is 36.5 Å². The van der Waals surface area contributed by atoms with Crippen LogP contribution in [0.2, 0.25) is 0 Å². The van der Waals surface area contributed by atoms with Crippen LogP contribution >= 0.6 is 0 Å². The van der Waals surface area contributed by atoms with Crippen molar-refractivity contribution in [3.05, 3.63) is 23.8 Å². The molecule has 19 heavy (non-hydrogen) atoms. The average Bonchev–Trinajstić information content (AvgIpc) is 2.38. The van der Waals surface area contributed by atoms with Gasteiger partial charge in [-0.2, -0.15) is 0 Å². The number of hydrogen-bond donors (Lipinski definition) is 3. The van der Waals surface area contributed by atoms with E-state index >= 15 is 0 Å². The second-order valence-corrected chi connectivity index (χ2v) is 5.38. The number of hydrogen-bond acceptors (Lipinski definition) is 4. The third kappa shape index (κ3) is 3.38. The Labute approximate surface area is 112 Å². The molecule has 0 radical (unpaired) electrons. The van der Waals surface area contributed by atoms with Gasteiger partial charge in [0.15, 0.2) is 0 Å². The van der Waals surface area contributed by atoms with Crippen molar-refractivity contribution in [1.82, 2.24) is 0 Å². The Morgan fingerprint density at radius 2 is 2.16 bits per heavy atom. The maximum atomic E-state index is 11.0. The van der Waals surface area contributed by atoms with E-state index in [0.29, 0.717) is 0 Å². The molecule has 0 aromatic heterocycles. The summed E-state index contributed by atoms with van der Waals surface area (Å²) in [7, 11) is 0. The number of carbonyl (C=O) groups is 1. The van der Waals surface area contributed by atoms with Gasteiger partial charge in [0, 0.05) is 31.1 Å². The van der Waals surface area contributed by atoms with Crippen LogP contribution in [-0.4, -0.2) is 30.8 Å². The first kappa shape index (κ1) is 13.7. The number of carboxylic acids is 1. The molecular weight excluding hydrogens is 244 g/mol. The SMILES string of the molecule is CC1(CNc2ccc(N)c(C(=O)O)c2)CCOCC1. The first-order chi connectivity index (χ1) is 9.00. The van der Waals surface area contributed by atoms with E-state index in [1.165, 1.54) is 0 Å². The predicted molar refractivity (Wildman–Crippen MR) is 74.5 cm³/mol. The molecule has 0 spiro atoms. The highest BCUT2D eigenvalue weighted by molar-refractivity contribution is 5.94. The number of nitrogen functional groups attached to an aromatic ring is 1. The van der Waals surface area contributed by atoms with Crippen molar-refractivity contribution in [1.29, 1.82) is 0 Å². The minimum atomic E-state index is -1.00.